The molecule has 2 heterocycles. The molecule has 1 aromatic heterocycles. The summed E-state index contributed by atoms with van der Waals surface area (Å²) in [5.74, 6) is 0.0684. The van der Waals surface area contributed by atoms with Crippen LogP contribution in [0.1, 0.15) is 19.3 Å². The highest BCUT2D eigenvalue weighted by molar-refractivity contribution is 7.81. The first-order valence-electron chi connectivity index (χ1n) is 5.84. The van der Waals surface area contributed by atoms with Crippen LogP contribution in [0.15, 0.2) is 6.07 Å². The molecule has 2 rings (SSSR count). The Morgan fingerprint density at radius 2 is 1.89 bits per heavy atom. The van der Waals surface area contributed by atoms with E-state index in [9.17, 15) is 8.42 Å². The summed E-state index contributed by atoms with van der Waals surface area (Å²) in [5, 5.41) is 0. The summed E-state index contributed by atoms with van der Waals surface area (Å²) in [6, 6.07) is 1.49. The van der Waals surface area contributed by atoms with Gasteiger partial charge in [-0.1, -0.05) is 0 Å². The number of nitrogen functional groups attached to an aromatic ring is 2. The van der Waals surface area contributed by atoms with Crippen LogP contribution in [0.5, 0.6) is 5.75 Å². The lowest BCUT2D eigenvalue weighted by atomic mass is 10.1. The molecule has 5 N–H and O–H groups in total. The van der Waals surface area contributed by atoms with Gasteiger partial charge in [0, 0.05) is 19.2 Å². The van der Waals surface area contributed by atoms with Gasteiger partial charge in [-0.2, -0.15) is 8.42 Å². The molecule has 8 nitrogen and oxygen atoms in total. The van der Waals surface area contributed by atoms with Crippen molar-refractivity contribution in [2.75, 3.05) is 29.5 Å². The molecule has 0 amide bonds. The lowest BCUT2D eigenvalue weighted by molar-refractivity contribution is 0.387. The molecule has 0 atom stereocenters. The summed E-state index contributed by atoms with van der Waals surface area (Å²) in [7, 11) is -4.67. The van der Waals surface area contributed by atoms with Gasteiger partial charge in [-0.15, -0.1) is 0 Å². The Morgan fingerprint density at radius 1 is 1.26 bits per heavy atom. The van der Waals surface area contributed by atoms with E-state index in [-0.39, 0.29) is 17.3 Å². The zero-order valence-corrected chi connectivity index (χ0v) is 11.1. The molecule has 19 heavy (non-hydrogen) atoms. The molecule has 0 bridgehead atoms. The largest absolute Gasteiger partial charge is 0.446 e. The molecule has 1 saturated heterocycles. The van der Waals surface area contributed by atoms with Gasteiger partial charge in [0.15, 0.2) is 5.82 Å². The van der Waals surface area contributed by atoms with E-state index in [0.29, 0.717) is 5.82 Å². The van der Waals surface area contributed by atoms with E-state index in [2.05, 4.69) is 9.17 Å². The van der Waals surface area contributed by atoms with E-state index in [1.807, 2.05) is 4.90 Å². The van der Waals surface area contributed by atoms with Crippen LogP contribution >= 0.6 is 0 Å². The second-order valence-electron chi connectivity index (χ2n) is 4.34. The predicted molar refractivity (Wildman–Crippen MR) is 71.3 cm³/mol. The number of rotatable bonds is 3. The zero-order valence-electron chi connectivity index (χ0n) is 10.2. The van der Waals surface area contributed by atoms with Crippen molar-refractivity contribution in [3.63, 3.8) is 0 Å². The summed E-state index contributed by atoms with van der Waals surface area (Å²) < 4.78 is 34.3. The van der Waals surface area contributed by atoms with E-state index in [1.54, 1.807) is 0 Å². The summed E-state index contributed by atoms with van der Waals surface area (Å²) in [5.41, 5.74) is 11.3. The van der Waals surface area contributed by atoms with Gasteiger partial charge >= 0.3 is 10.4 Å². The van der Waals surface area contributed by atoms with Crippen molar-refractivity contribution in [1.82, 2.24) is 4.98 Å². The maximum Gasteiger partial charge on any atom is 0.446 e. The molecule has 1 aliphatic rings. The van der Waals surface area contributed by atoms with Gasteiger partial charge in [-0.25, -0.2) is 4.98 Å². The van der Waals surface area contributed by atoms with Crippen LogP contribution in [0.4, 0.5) is 17.3 Å². The molecule has 0 saturated carbocycles. The Labute approximate surface area is 111 Å². The molecule has 1 aromatic rings. The third kappa shape index (κ3) is 3.38. The molecule has 0 unspecified atom stereocenters. The first kappa shape index (κ1) is 13.7. The van der Waals surface area contributed by atoms with Crippen molar-refractivity contribution >= 4 is 27.7 Å². The maximum absolute atomic E-state index is 10.7. The molecule has 9 heteroatoms. The highest BCUT2D eigenvalue weighted by atomic mass is 32.3. The Kier molecular flexibility index (Phi) is 3.67. The summed E-state index contributed by atoms with van der Waals surface area (Å²) >= 11 is 0. The first-order chi connectivity index (χ1) is 8.87. The topological polar surface area (TPSA) is 132 Å². The van der Waals surface area contributed by atoms with Gasteiger partial charge < -0.3 is 20.6 Å². The molecule has 1 aliphatic heterocycles. The van der Waals surface area contributed by atoms with Gasteiger partial charge in [-0.3, -0.25) is 4.55 Å². The van der Waals surface area contributed by atoms with Crippen LogP contribution in [0.2, 0.25) is 0 Å². The zero-order chi connectivity index (χ0) is 14.0. The van der Waals surface area contributed by atoms with Crippen LogP contribution in [-0.2, 0) is 10.4 Å². The summed E-state index contributed by atoms with van der Waals surface area (Å²) in [6.07, 6.45) is 3.29. The fourth-order valence-corrected chi connectivity index (χ4v) is 2.43. The normalized spacial score (nSPS) is 16.4. The minimum absolute atomic E-state index is 0.0192. The van der Waals surface area contributed by atoms with Gasteiger partial charge in [-0.05, 0) is 19.3 Å². The number of pyridine rings is 1. The van der Waals surface area contributed by atoms with Gasteiger partial charge in [0.05, 0.1) is 5.69 Å². The number of aromatic nitrogens is 1. The average molecular weight is 288 g/mol. The number of nitrogens with two attached hydrogens (primary N) is 2. The van der Waals surface area contributed by atoms with E-state index < -0.39 is 10.4 Å². The van der Waals surface area contributed by atoms with Crippen molar-refractivity contribution in [1.29, 1.82) is 0 Å². The second-order valence-corrected chi connectivity index (χ2v) is 5.36. The van der Waals surface area contributed by atoms with E-state index in [4.69, 9.17) is 16.0 Å². The average Bonchev–Trinajstić information content (AvgIpc) is 2.33. The lowest BCUT2D eigenvalue weighted by Crippen LogP contribution is -2.30. The fourth-order valence-electron chi connectivity index (χ4n) is 2.04. The molecule has 0 aliphatic carbocycles. The third-order valence-corrected chi connectivity index (χ3v) is 3.26. The van der Waals surface area contributed by atoms with Crippen molar-refractivity contribution < 1.29 is 17.2 Å². The molecule has 0 aromatic carbocycles. The minimum Gasteiger partial charge on any atom is -0.395 e. The molecule has 0 radical (unpaired) electrons. The standard InChI is InChI=1S/C10H16N4O4S/c11-7-6-8(14-4-2-1-3-5-14)13-10(12)9(7)18-19(15,16)17/h6H,1-5H2,(H4,11,12,13)(H,15,16,17). The summed E-state index contributed by atoms with van der Waals surface area (Å²) in [6.45, 7) is 1.70. The molecular weight excluding hydrogens is 272 g/mol. The second kappa shape index (κ2) is 5.10. The Bertz CT molecular complexity index is 546. The van der Waals surface area contributed by atoms with Gasteiger partial charge in [0.1, 0.15) is 5.82 Å². The van der Waals surface area contributed by atoms with Crippen molar-refractivity contribution in [3.8, 4) is 5.75 Å². The number of piperidine rings is 1. The van der Waals surface area contributed by atoms with Crippen molar-refractivity contribution in [2.45, 2.75) is 19.3 Å². The van der Waals surface area contributed by atoms with Crippen molar-refractivity contribution in [2.24, 2.45) is 0 Å². The minimum atomic E-state index is -4.67. The lowest BCUT2D eigenvalue weighted by Gasteiger charge is -2.28. The van der Waals surface area contributed by atoms with Crippen LogP contribution < -0.4 is 20.6 Å². The predicted octanol–water partition coefficient (Wildman–Crippen LogP) is 0.418. The Hall–Kier alpha value is -1.74. The molecule has 106 valence electrons. The number of nitrogens with zero attached hydrogens (tertiary/aromatic N) is 2. The first-order valence-corrected chi connectivity index (χ1v) is 7.21. The Morgan fingerprint density at radius 3 is 2.42 bits per heavy atom. The number of anilines is 3. The van der Waals surface area contributed by atoms with Gasteiger partial charge in [0.2, 0.25) is 5.75 Å². The Balaban J connectivity index is 2.30. The highest BCUT2D eigenvalue weighted by Gasteiger charge is 2.19. The fraction of sp³-hybridized carbons (Fsp3) is 0.500. The highest BCUT2D eigenvalue weighted by Crippen LogP contribution is 2.32. The number of hydrogen-bond donors (Lipinski definition) is 3. The molecular formula is C10H16N4O4S. The quantitative estimate of drug-likeness (QED) is 0.682. The number of hydrogen-bond acceptors (Lipinski definition) is 7. The van der Waals surface area contributed by atoms with Crippen LogP contribution in [0.3, 0.4) is 0 Å². The van der Waals surface area contributed by atoms with Crippen LogP contribution in [0.25, 0.3) is 0 Å². The monoisotopic (exact) mass is 288 g/mol. The van der Waals surface area contributed by atoms with Crippen LogP contribution in [0, 0.1) is 0 Å². The van der Waals surface area contributed by atoms with Crippen molar-refractivity contribution in [3.05, 3.63) is 6.07 Å². The van der Waals surface area contributed by atoms with E-state index in [1.165, 1.54) is 12.5 Å². The van der Waals surface area contributed by atoms with Gasteiger partial charge in [0.25, 0.3) is 0 Å². The smallest absolute Gasteiger partial charge is 0.395 e. The van der Waals surface area contributed by atoms with Crippen LogP contribution in [-0.4, -0.2) is 31.0 Å². The van der Waals surface area contributed by atoms with E-state index >= 15 is 0 Å². The molecule has 0 spiro atoms. The maximum atomic E-state index is 10.7. The summed E-state index contributed by atoms with van der Waals surface area (Å²) in [4.78, 5) is 6.09. The third-order valence-electron chi connectivity index (χ3n) is 2.88. The SMILES string of the molecule is Nc1cc(N2CCCCC2)nc(N)c1OS(=O)(=O)O. The van der Waals surface area contributed by atoms with E-state index in [0.717, 1.165) is 25.9 Å². The molecule has 1 fully saturated rings.